The van der Waals surface area contributed by atoms with Gasteiger partial charge in [-0.15, -0.1) is 0 Å². The van der Waals surface area contributed by atoms with Crippen LogP contribution < -0.4 is 5.73 Å². The van der Waals surface area contributed by atoms with Crippen LogP contribution in [0.25, 0.3) is 0 Å². The number of hydrogen-bond donors (Lipinski definition) is 2. The van der Waals surface area contributed by atoms with Crippen molar-refractivity contribution in [2.24, 2.45) is 5.73 Å². The summed E-state index contributed by atoms with van der Waals surface area (Å²) in [5, 5.41) is 9.15. The highest BCUT2D eigenvalue weighted by atomic mass is 16.5. The van der Waals surface area contributed by atoms with Gasteiger partial charge in [0, 0.05) is 13.2 Å². The molecule has 3 heteroatoms. The molecule has 0 saturated heterocycles. The van der Waals surface area contributed by atoms with Crippen molar-refractivity contribution in [2.45, 2.75) is 31.1 Å². The molecule has 0 amide bonds. The first-order chi connectivity index (χ1) is 4.24. The highest BCUT2D eigenvalue weighted by molar-refractivity contribution is 4.85. The smallest absolute Gasteiger partial charge is 0.0845 e. The van der Waals surface area contributed by atoms with Crippen LogP contribution in [0.5, 0.6) is 0 Å². The van der Waals surface area contributed by atoms with Gasteiger partial charge in [-0.3, -0.25) is 0 Å². The van der Waals surface area contributed by atoms with Gasteiger partial charge in [-0.25, -0.2) is 0 Å². The van der Waals surface area contributed by atoms with E-state index in [0.717, 1.165) is 6.42 Å². The first kappa shape index (κ1) is 6.99. The van der Waals surface area contributed by atoms with Crippen LogP contribution in [-0.4, -0.2) is 30.5 Å². The quantitative estimate of drug-likeness (QED) is 0.503. The molecule has 0 bridgehead atoms. The van der Waals surface area contributed by atoms with E-state index in [-0.39, 0.29) is 18.2 Å². The van der Waals surface area contributed by atoms with Crippen LogP contribution in [0.4, 0.5) is 0 Å². The van der Waals surface area contributed by atoms with Gasteiger partial charge in [0.25, 0.3) is 0 Å². The zero-order chi connectivity index (χ0) is 6.85. The third kappa shape index (κ3) is 1.41. The summed E-state index contributed by atoms with van der Waals surface area (Å²) in [7, 11) is 1.60. The van der Waals surface area contributed by atoms with Gasteiger partial charge in [-0.1, -0.05) is 0 Å². The molecule has 1 aliphatic carbocycles. The summed E-state index contributed by atoms with van der Waals surface area (Å²) in [5.74, 6) is 0. The molecule has 0 aromatic heterocycles. The van der Waals surface area contributed by atoms with Crippen LogP contribution in [0.3, 0.4) is 0 Å². The van der Waals surface area contributed by atoms with Gasteiger partial charge in [0.2, 0.25) is 0 Å². The van der Waals surface area contributed by atoms with Crippen molar-refractivity contribution < 1.29 is 9.84 Å². The van der Waals surface area contributed by atoms with Gasteiger partial charge < -0.3 is 15.6 Å². The van der Waals surface area contributed by atoms with E-state index in [1.807, 2.05) is 0 Å². The summed E-state index contributed by atoms with van der Waals surface area (Å²) in [6, 6.07) is 0.130. The summed E-state index contributed by atoms with van der Waals surface area (Å²) < 4.78 is 4.96. The largest absolute Gasteiger partial charge is 0.390 e. The van der Waals surface area contributed by atoms with Crippen molar-refractivity contribution in [2.75, 3.05) is 7.11 Å². The SMILES string of the molecule is CO[C@H]1C[C@@H](N)C[C@H]1O. The summed E-state index contributed by atoms with van der Waals surface area (Å²) in [6.07, 6.45) is 1.10. The Hall–Kier alpha value is -0.120. The molecule has 9 heavy (non-hydrogen) atoms. The molecule has 0 radical (unpaired) electrons. The topological polar surface area (TPSA) is 55.5 Å². The summed E-state index contributed by atoms with van der Waals surface area (Å²) in [5.41, 5.74) is 5.55. The molecule has 0 heterocycles. The number of ether oxygens (including phenoxy) is 1. The fourth-order valence-corrected chi connectivity index (χ4v) is 1.27. The molecule has 1 saturated carbocycles. The number of methoxy groups -OCH3 is 1. The van der Waals surface area contributed by atoms with Crippen molar-refractivity contribution in [3.63, 3.8) is 0 Å². The van der Waals surface area contributed by atoms with Gasteiger partial charge >= 0.3 is 0 Å². The highest BCUT2D eigenvalue weighted by Gasteiger charge is 2.30. The van der Waals surface area contributed by atoms with E-state index < -0.39 is 0 Å². The van der Waals surface area contributed by atoms with Gasteiger partial charge in [0.05, 0.1) is 12.2 Å². The maximum atomic E-state index is 9.15. The van der Waals surface area contributed by atoms with Crippen LogP contribution in [0.2, 0.25) is 0 Å². The molecule has 0 aromatic carbocycles. The Bertz CT molecular complexity index is 97.1. The molecule has 0 spiro atoms. The lowest BCUT2D eigenvalue weighted by molar-refractivity contribution is 0.00981. The Balaban J connectivity index is 2.38. The zero-order valence-corrected chi connectivity index (χ0v) is 5.58. The molecule has 54 valence electrons. The number of rotatable bonds is 1. The van der Waals surface area contributed by atoms with Crippen LogP contribution in [0.1, 0.15) is 12.8 Å². The highest BCUT2D eigenvalue weighted by Crippen LogP contribution is 2.19. The Morgan fingerprint density at radius 1 is 1.56 bits per heavy atom. The zero-order valence-electron chi connectivity index (χ0n) is 5.58. The molecular weight excluding hydrogens is 118 g/mol. The molecule has 1 aliphatic rings. The number of hydrogen-bond acceptors (Lipinski definition) is 3. The molecule has 0 unspecified atom stereocenters. The average Bonchev–Trinajstić information content (AvgIpc) is 2.10. The maximum absolute atomic E-state index is 9.15. The first-order valence-corrected chi connectivity index (χ1v) is 3.20. The number of aliphatic hydroxyl groups excluding tert-OH is 1. The number of aliphatic hydroxyl groups is 1. The lowest BCUT2D eigenvalue weighted by Gasteiger charge is -2.10. The fourth-order valence-electron chi connectivity index (χ4n) is 1.27. The molecule has 1 fully saturated rings. The van der Waals surface area contributed by atoms with E-state index in [9.17, 15) is 0 Å². The van der Waals surface area contributed by atoms with E-state index in [2.05, 4.69) is 0 Å². The first-order valence-electron chi connectivity index (χ1n) is 3.20. The molecule has 3 nitrogen and oxygen atoms in total. The van der Waals surface area contributed by atoms with Crippen LogP contribution >= 0.6 is 0 Å². The Kier molecular flexibility index (Phi) is 2.05. The van der Waals surface area contributed by atoms with E-state index >= 15 is 0 Å². The summed E-state index contributed by atoms with van der Waals surface area (Å²) >= 11 is 0. The Morgan fingerprint density at radius 3 is 2.44 bits per heavy atom. The Labute approximate surface area is 54.8 Å². The van der Waals surface area contributed by atoms with Crippen LogP contribution in [0, 0.1) is 0 Å². The molecule has 3 N–H and O–H groups in total. The van der Waals surface area contributed by atoms with Crippen molar-refractivity contribution in [3.8, 4) is 0 Å². The molecular formula is C6H13NO2. The lowest BCUT2D eigenvalue weighted by Crippen LogP contribution is -2.20. The standard InChI is InChI=1S/C6H13NO2/c1-9-6-3-4(7)2-5(6)8/h4-6,8H,2-3,7H2,1H3/t4-,5+,6-/m0/s1. The van der Waals surface area contributed by atoms with Crippen molar-refractivity contribution in [3.05, 3.63) is 0 Å². The van der Waals surface area contributed by atoms with Gasteiger partial charge in [-0.2, -0.15) is 0 Å². The number of nitrogens with two attached hydrogens (primary N) is 1. The fraction of sp³-hybridized carbons (Fsp3) is 1.00. The van der Waals surface area contributed by atoms with Gasteiger partial charge in [0.15, 0.2) is 0 Å². The van der Waals surface area contributed by atoms with E-state index in [0.29, 0.717) is 6.42 Å². The Morgan fingerprint density at radius 2 is 2.22 bits per heavy atom. The summed E-state index contributed by atoms with van der Waals surface area (Å²) in [4.78, 5) is 0. The summed E-state index contributed by atoms with van der Waals surface area (Å²) in [6.45, 7) is 0. The molecule has 0 aromatic rings. The monoisotopic (exact) mass is 131 g/mol. The third-order valence-electron chi connectivity index (χ3n) is 1.81. The maximum Gasteiger partial charge on any atom is 0.0845 e. The normalized spacial score (nSPS) is 43.7. The van der Waals surface area contributed by atoms with Crippen molar-refractivity contribution in [1.82, 2.24) is 0 Å². The van der Waals surface area contributed by atoms with E-state index in [1.54, 1.807) is 7.11 Å². The van der Waals surface area contributed by atoms with Crippen LogP contribution in [0.15, 0.2) is 0 Å². The second kappa shape index (κ2) is 2.64. The van der Waals surface area contributed by atoms with Gasteiger partial charge in [-0.05, 0) is 12.8 Å². The van der Waals surface area contributed by atoms with E-state index in [1.165, 1.54) is 0 Å². The minimum Gasteiger partial charge on any atom is -0.390 e. The second-order valence-electron chi connectivity index (χ2n) is 2.57. The average molecular weight is 131 g/mol. The minimum atomic E-state index is -0.343. The lowest BCUT2D eigenvalue weighted by atomic mass is 10.3. The predicted molar refractivity (Wildman–Crippen MR) is 34.0 cm³/mol. The minimum absolute atomic E-state index is 0.0278. The molecule has 0 aliphatic heterocycles. The molecule has 3 atom stereocenters. The van der Waals surface area contributed by atoms with Crippen molar-refractivity contribution >= 4 is 0 Å². The van der Waals surface area contributed by atoms with E-state index in [4.69, 9.17) is 15.6 Å². The van der Waals surface area contributed by atoms with Crippen molar-refractivity contribution in [1.29, 1.82) is 0 Å². The third-order valence-corrected chi connectivity index (χ3v) is 1.81. The van der Waals surface area contributed by atoms with Gasteiger partial charge in [0.1, 0.15) is 0 Å². The second-order valence-corrected chi connectivity index (χ2v) is 2.57. The predicted octanol–water partition coefficient (Wildman–Crippen LogP) is -0.517. The molecule has 1 rings (SSSR count). The van der Waals surface area contributed by atoms with Crippen LogP contribution in [-0.2, 0) is 4.74 Å².